The van der Waals surface area contributed by atoms with Gasteiger partial charge in [-0.2, -0.15) is 0 Å². The van der Waals surface area contributed by atoms with Gasteiger partial charge in [0, 0.05) is 30.7 Å². The molecule has 1 fully saturated rings. The molecule has 5 nitrogen and oxygen atoms in total. The van der Waals surface area contributed by atoms with E-state index in [-0.39, 0.29) is 6.03 Å². The van der Waals surface area contributed by atoms with Crippen LogP contribution in [-0.2, 0) is 0 Å². The molecule has 0 spiro atoms. The molecule has 1 unspecified atom stereocenters. The van der Waals surface area contributed by atoms with Gasteiger partial charge in [-0.25, -0.2) is 4.79 Å². The maximum atomic E-state index is 12.5. The molecule has 0 bridgehead atoms. The van der Waals surface area contributed by atoms with Crippen LogP contribution >= 0.6 is 11.6 Å². The summed E-state index contributed by atoms with van der Waals surface area (Å²) >= 11 is 5.99. The number of carbonyl (C=O) groups is 1. The van der Waals surface area contributed by atoms with E-state index in [2.05, 4.69) is 24.2 Å². The lowest BCUT2D eigenvalue weighted by atomic mass is 10.1. The summed E-state index contributed by atoms with van der Waals surface area (Å²) < 4.78 is 5.55. The molecule has 1 atom stereocenters. The second-order valence-electron chi connectivity index (χ2n) is 5.96. The maximum absolute atomic E-state index is 12.5. The molecule has 0 aromatic heterocycles. The highest BCUT2D eigenvalue weighted by atomic mass is 35.5. The number of amides is 2. The van der Waals surface area contributed by atoms with Crippen molar-refractivity contribution in [2.75, 3.05) is 45.2 Å². The van der Waals surface area contributed by atoms with Crippen LogP contribution in [-0.4, -0.2) is 55.7 Å². The highest BCUT2D eigenvalue weighted by Gasteiger charge is 2.27. The van der Waals surface area contributed by atoms with Crippen LogP contribution in [0.3, 0.4) is 0 Å². The first-order valence-corrected chi connectivity index (χ1v) is 8.58. The van der Waals surface area contributed by atoms with Gasteiger partial charge in [0.25, 0.3) is 0 Å². The number of nitrogens with zero attached hydrogens (tertiary/aromatic N) is 2. The molecule has 2 rings (SSSR count). The summed E-state index contributed by atoms with van der Waals surface area (Å²) in [6.07, 6.45) is 1.05. The summed E-state index contributed by atoms with van der Waals surface area (Å²) in [5.41, 5.74) is 0.662. The van der Waals surface area contributed by atoms with Gasteiger partial charge < -0.3 is 19.9 Å². The fraction of sp³-hybridized carbons (Fsp3) is 0.588. The van der Waals surface area contributed by atoms with Crippen molar-refractivity contribution < 1.29 is 9.53 Å². The molecule has 1 saturated heterocycles. The molecule has 128 valence electrons. The van der Waals surface area contributed by atoms with E-state index in [0.717, 1.165) is 32.6 Å². The van der Waals surface area contributed by atoms with Crippen molar-refractivity contribution in [1.29, 1.82) is 0 Å². The molecule has 1 aromatic rings. The molecule has 0 aliphatic carbocycles. The molecule has 1 heterocycles. The smallest absolute Gasteiger partial charge is 0.321 e. The Labute approximate surface area is 143 Å². The van der Waals surface area contributed by atoms with Crippen molar-refractivity contribution >= 4 is 23.3 Å². The third kappa shape index (κ3) is 5.01. The average Bonchev–Trinajstić information content (AvgIpc) is 2.98. The van der Waals surface area contributed by atoms with Crippen molar-refractivity contribution in [3.05, 3.63) is 23.2 Å². The van der Waals surface area contributed by atoms with Crippen LogP contribution in [0.15, 0.2) is 18.2 Å². The van der Waals surface area contributed by atoms with E-state index >= 15 is 0 Å². The van der Waals surface area contributed by atoms with Gasteiger partial charge in [-0.15, -0.1) is 0 Å². The van der Waals surface area contributed by atoms with Crippen LogP contribution in [0.2, 0.25) is 5.02 Å². The zero-order chi connectivity index (χ0) is 16.8. The highest BCUT2D eigenvalue weighted by molar-refractivity contribution is 6.30. The Hall–Kier alpha value is -1.46. The molecule has 0 saturated carbocycles. The standard InChI is InChI=1S/C17H26ClN3O2/c1-4-20(3)11-13-8-9-21(12-13)17(22)19-15-7-6-14(18)10-16(15)23-5-2/h6-7,10,13H,4-5,8-9,11-12H2,1-3H3,(H,19,22). The van der Waals surface area contributed by atoms with Crippen LogP contribution in [0.5, 0.6) is 5.75 Å². The fourth-order valence-electron chi connectivity index (χ4n) is 2.80. The second-order valence-corrected chi connectivity index (χ2v) is 6.40. The third-order valence-electron chi connectivity index (χ3n) is 4.17. The van der Waals surface area contributed by atoms with E-state index in [9.17, 15) is 4.79 Å². The molecule has 1 aliphatic heterocycles. The summed E-state index contributed by atoms with van der Waals surface area (Å²) in [5.74, 6) is 1.15. The summed E-state index contributed by atoms with van der Waals surface area (Å²) in [7, 11) is 2.12. The van der Waals surface area contributed by atoms with E-state index in [1.54, 1.807) is 18.2 Å². The largest absolute Gasteiger partial charge is 0.492 e. The van der Waals surface area contributed by atoms with Crippen LogP contribution in [0.25, 0.3) is 0 Å². The molecule has 23 heavy (non-hydrogen) atoms. The Morgan fingerprint density at radius 3 is 2.96 bits per heavy atom. The number of nitrogens with one attached hydrogen (secondary N) is 1. The number of halogens is 1. The summed E-state index contributed by atoms with van der Waals surface area (Å²) in [6, 6.07) is 5.19. The van der Waals surface area contributed by atoms with Crippen molar-refractivity contribution in [3.63, 3.8) is 0 Å². The molecular formula is C17H26ClN3O2. The zero-order valence-electron chi connectivity index (χ0n) is 14.1. The predicted octanol–water partition coefficient (Wildman–Crippen LogP) is 3.54. The minimum Gasteiger partial charge on any atom is -0.492 e. The number of benzene rings is 1. The first-order chi connectivity index (χ1) is 11.0. The Morgan fingerprint density at radius 1 is 1.48 bits per heavy atom. The molecule has 2 amide bonds. The zero-order valence-corrected chi connectivity index (χ0v) is 14.9. The number of urea groups is 1. The van der Waals surface area contributed by atoms with Gasteiger partial charge in [-0.05, 0) is 45.0 Å². The Kier molecular flexibility index (Phi) is 6.54. The Balaban J connectivity index is 1.95. The monoisotopic (exact) mass is 339 g/mol. The number of hydrogen-bond donors (Lipinski definition) is 1. The van der Waals surface area contributed by atoms with E-state index in [4.69, 9.17) is 16.3 Å². The summed E-state index contributed by atoms with van der Waals surface area (Å²) in [4.78, 5) is 16.6. The molecule has 1 aromatic carbocycles. The third-order valence-corrected chi connectivity index (χ3v) is 4.40. The number of ether oxygens (including phenoxy) is 1. The van der Waals surface area contributed by atoms with E-state index in [0.29, 0.717) is 29.0 Å². The van der Waals surface area contributed by atoms with Gasteiger partial charge in [0.05, 0.1) is 12.3 Å². The minimum absolute atomic E-state index is 0.0741. The average molecular weight is 340 g/mol. The van der Waals surface area contributed by atoms with E-state index < -0.39 is 0 Å². The normalized spacial score (nSPS) is 17.6. The number of hydrogen-bond acceptors (Lipinski definition) is 3. The number of likely N-dealkylation sites (tertiary alicyclic amines) is 1. The summed E-state index contributed by atoms with van der Waals surface area (Å²) in [5, 5.41) is 3.53. The van der Waals surface area contributed by atoms with E-state index in [1.165, 1.54) is 0 Å². The van der Waals surface area contributed by atoms with E-state index in [1.807, 2.05) is 11.8 Å². The Morgan fingerprint density at radius 2 is 2.26 bits per heavy atom. The molecule has 6 heteroatoms. The van der Waals surface area contributed by atoms with Gasteiger partial charge >= 0.3 is 6.03 Å². The van der Waals surface area contributed by atoms with Gasteiger partial charge in [0.1, 0.15) is 5.75 Å². The lowest BCUT2D eigenvalue weighted by Crippen LogP contribution is -2.34. The van der Waals surface area contributed by atoms with Crippen LogP contribution in [0.4, 0.5) is 10.5 Å². The van der Waals surface area contributed by atoms with Gasteiger partial charge in [-0.3, -0.25) is 0 Å². The second kappa shape index (κ2) is 8.41. The first kappa shape index (κ1) is 17.9. The number of anilines is 1. The van der Waals surface area contributed by atoms with Crippen molar-refractivity contribution in [1.82, 2.24) is 9.80 Å². The van der Waals surface area contributed by atoms with Gasteiger partial charge in [-0.1, -0.05) is 18.5 Å². The molecule has 1 aliphatic rings. The highest BCUT2D eigenvalue weighted by Crippen LogP contribution is 2.29. The van der Waals surface area contributed by atoms with Crippen LogP contribution < -0.4 is 10.1 Å². The lowest BCUT2D eigenvalue weighted by molar-refractivity contribution is 0.217. The molecular weight excluding hydrogens is 314 g/mol. The predicted molar refractivity (Wildman–Crippen MR) is 94.5 cm³/mol. The Bertz CT molecular complexity index is 539. The first-order valence-electron chi connectivity index (χ1n) is 8.20. The van der Waals surface area contributed by atoms with Gasteiger partial charge in [0.2, 0.25) is 0 Å². The minimum atomic E-state index is -0.0741. The van der Waals surface area contributed by atoms with Crippen molar-refractivity contribution in [2.45, 2.75) is 20.3 Å². The van der Waals surface area contributed by atoms with Crippen molar-refractivity contribution in [2.24, 2.45) is 5.92 Å². The van der Waals surface area contributed by atoms with Crippen molar-refractivity contribution in [3.8, 4) is 5.75 Å². The van der Waals surface area contributed by atoms with Crippen LogP contribution in [0, 0.1) is 5.92 Å². The number of rotatable bonds is 6. The summed E-state index contributed by atoms with van der Waals surface area (Å²) in [6.45, 7) is 8.24. The SMILES string of the molecule is CCOc1cc(Cl)ccc1NC(=O)N1CCC(CN(C)CC)C1. The molecule has 1 N–H and O–H groups in total. The topological polar surface area (TPSA) is 44.8 Å². The lowest BCUT2D eigenvalue weighted by Gasteiger charge is -2.21. The maximum Gasteiger partial charge on any atom is 0.321 e. The quantitative estimate of drug-likeness (QED) is 0.862. The van der Waals surface area contributed by atoms with Crippen LogP contribution in [0.1, 0.15) is 20.3 Å². The fourth-order valence-corrected chi connectivity index (χ4v) is 2.97. The van der Waals surface area contributed by atoms with Gasteiger partial charge in [0.15, 0.2) is 0 Å². The molecule has 0 radical (unpaired) electrons. The number of carbonyl (C=O) groups excluding carboxylic acids is 1.